The maximum Gasteiger partial charge on any atom is 0.295 e. The summed E-state index contributed by atoms with van der Waals surface area (Å²) in [5, 5.41) is 17.6. The molecule has 1 saturated heterocycles. The van der Waals surface area contributed by atoms with Crippen molar-refractivity contribution in [3.63, 3.8) is 0 Å². The van der Waals surface area contributed by atoms with E-state index in [-0.39, 0.29) is 10.6 Å². The molecule has 29 heavy (non-hydrogen) atoms. The number of nitro groups is 1. The molecule has 0 atom stereocenters. The molecule has 0 bridgehead atoms. The highest BCUT2D eigenvalue weighted by Gasteiger charge is 2.27. The van der Waals surface area contributed by atoms with Gasteiger partial charge in [0.2, 0.25) is 0 Å². The van der Waals surface area contributed by atoms with Crippen LogP contribution in [0.25, 0.3) is 0 Å². The second-order valence-corrected chi connectivity index (χ2v) is 9.94. The van der Waals surface area contributed by atoms with Crippen molar-refractivity contribution in [1.29, 1.82) is 0 Å². The van der Waals surface area contributed by atoms with Gasteiger partial charge in [0, 0.05) is 25.8 Å². The van der Waals surface area contributed by atoms with Gasteiger partial charge in [-0.3, -0.25) is 10.1 Å². The third-order valence-corrected chi connectivity index (χ3v) is 7.87. The van der Waals surface area contributed by atoms with Crippen molar-refractivity contribution in [2.24, 2.45) is 0 Å². The maximum atomic E-state index is 11.7. The Kier molecular flexibility index (Phi) is 7.57. The molecule has 6 nitrogen and oxygen atoms in total. The van der Waals surface area contributed by atoms with Crippen molar-refractivity contribution in [2.75, 3.05) is 24.2 Å². The molecule has 0 aliphatic carbocycles. The number of rotatable bonds is 8. The molecule has 0 amide bonds. The third kappa shape index (κ3) is 5.74. The van der Waals surface area contributed by atoms with Gasteiger partial charge in [-0.1, -0.05) is 41.1 Å². The van der Waals surface area contributed by atoms with E-state index in [1.54, 1.807) is 24.0 Å². The van der Waals surface area contributed by atoms with E-state index in [4.69, 9.17) is 11.6 Å². The first kappa shape index (κ1) is 21.7. The van der Waals surface area contributed by atoms with Crippen molar-refractivity contribution < 1.29 is 4.92 Å². The Morgan fingerprint density at radius 2 is 2.21 bits per heavy atom. The fourth-order valence-corrected chi connectivity index (χ4v) is 5.78. The van der Waals surface area contributed by atoms with Gasteiger partial charge in [0.1, 0.15) is 5.15 Å². The van der Waals surface area contributed by atoms with Gasteiger partial charge in [-0.15, -0.1) is 0 Å². The average Bonchev–Trinajstić information content (AvgIpc) is 3.14. The molecule has 1 aromatic heterocycles. The number of hydrogen-bond acceptors (Lipinski definition) is 6. The van der Waals surface area contributed by atoms with Crippen molar-refractivity contribution in [3.8, 4) is 0 Å². The number of thioether (sulfide) groups is 1. The van der Waals surface area contributed by atoms with E-state index < -0.39 is 0 Å². The smallest absolute Gasteiger partial charge is 0.295 e. The Morgan fingerprint density at radius 1 is 1.38 bits per heavy atom. The summed E-state index contributed by atoms with van der Waals surface area (Å²) in [7, 11) is 0.637. The van der Waals surface area contributed by atoms with Crippen LogP contribution in [0, 0.1) is 24.0 Å². The summed E-state index contributed by atoms with van der Waals surface area (Å²) in [5.74, 6) is 0.996. The minimum atomic E-state index is -0.255. The standard InChI is InChI=1S/C20H23ClN4O2SSi/c1-14-4-3-5-18(15(14)2)29-13-28-12-17(25(26)27)20-22-8-9-24(20)11-16-6-7-19(21)23-10-16/h3-7,10,22H,8-9,11-13H2,1-2H3/b20-17-. The molecule has 2 radical (unpaired) electrons. The van der Waals surface area contributed by atoms with Gasteiger partial charge in [0.25, 0.3) is 5.70 Å². The van der Waals surface area contributed by atoms with E-state index in [1.807, 2.05) is 11.0 Å². The monoisotopic (exact) mass is 446 g/mol. The number of aromatic nitrogens is 1. The molecule has 0 unspecified atom stereocenters. The van der Waals surface area contributed by atoms with E-state index >= 15 is 0 Å². The molecule has 3 rings (SSSR count). The predicted molar refractivity (Wildman–Crippen MR) is 120 cm³/mol. The molecule has 1 aromatic carbocycles. The van der Waals surface area contributed by atoms with Crippen LogP contribution in [0.3, 0.4) is 0 Å². The molecule has 1 aliphatic rings. The number of halogens is 1. The van der Waals surface area contributed by atoms with E-state index in [0.29, 0.717) is 39.3 Å². The van der Waals surface area contributed by atoms with Crippen molar-refractivity contribution in [2.45, 2.75) is 20.4 Å². The Labute approximate surface area is 182 Å². The molecule has 1 N–H and O–H groups in total. The fourth-order valence-electron chi connectivity index (χ4n) is 3.12. The summed E-state index contributed by atoms with van der Waals surface area (Å²) in [5.41, 5.74) is 3.82. The fraction of sp³-hybridized carbons (Fsp3) is 0.350. The lowest BCUT2D eigenvalue weighted by Gasteiger charge is -2.19. The van der Waals surface area contributed by atoms with Gasteiger partial charge in [0.05, 0.1) is 20.2 Å². The molecule has 0 spiro atoms. The maximum absolute atomic E-state index is 11.7. The highest BCUT2D eigenvalue weighted by Crippen LogP contribution is 2.20. The Balaban J connectivity index is 1.64. The van der Waals surface area contributed by atoms with E-state index in [2.05, 4.69) is 42.3 Å². The SMILES string of the molecule is Cc1cccc([Si]CSC/C(=C2\NCCN2Cc2ccc(Cl)nc2)[N+](=O)[O-])c1C. The third-order valence-electron chi connectivity index (χ3n) is 4.85. The lowest BCUT2D eigenvalue weighted by atomic mass is 10.1. The van der Waals surface area contributed by atoms with Gasteiger partial charge in [-0.2, -0.15) is 11.8 Å². The number of aryl methyl sites for hydroxylation is 1. The average molecular weight is 447 g/mol. The summed E-state index contributed by atoms with van der Waals surface area (Å²) in [6, 6.07) is 9.97. The van der Waals surface area contributed by atoms with Gasteiger partial charge in [0.15, 0.2) is 5.82 Å². The van der Waals surface area contributed by atoms with E-state index in [0.717, 1.165) is 17.5 Å². The Hall–Kier alpha value is -2.03. The lowest BCUT2D eigenvalue weighted by molar-refractivity contribution is -0.425. The number of hydrogen-bond donors (Lipinski definition) is 1. The van der Waals surface area contributed by atoms with Crippen molar-refractivity contribution >= 4 is 38.1 Å². The molecular weight excluding hydrogens is 424 g/mol. The first-order valence-corrected chi connectivity index (χ1v) is 12.0. The Morgan fingerprint density at radius 3 is 2.93 bits per heavy atom. The molecule has 1 aliphatic heterocycles. The molecule has 9 heteroatoms. The molecule has 152 valence electrons. The summed E-state index contributed by atoms with van der Waals surface area (Å²) in [6.45, 7) is 6.24. The van der Waals surface area contributed by atoms with Gasteiger partial charge >= 0.3 is 0 Å². The van der Waals surface area contributed by atoms with Crippen molar-refractivity contribution in [3.05, 3.63) is 80.0 Å². The minimum Gasteiger partial charge on any atom is -0.365 e. The van der Waals surface area contributed by atoms with Gasteiger partial charge < -0.3 is 10.2 Å². The van der Waals surface area contributed by atoms with Crippen LogP contribution in [0.15, 0.2) is 48.0 Å². The first-order chi connectivity index (χ1) is 14.0. The summed E-state index contributed by atoms with van der Waals surface area (Å²) in [4.78, 5) is 17.6. The summed E-state index contributed by atoms with van der Waals surface area (Å²) >= 11 is 7.46. The van der Waals surface area contributed by atoms with Crippen LogP contribution in [0.2, 0.25) is 5.15 Å². The quantitative estimate of drug-likeness (QED) is 0.221. The van der Waals surface area contributed by atoms with Crippen LogP contribution >= 0.6 is 23.4 Å². The largest absolute Gasteiger partial charge is 0.365 e. The summed E-state index contributed by atoms with van der Waals surface area (Å²) in [6.07, 6.45) is 1.71. The van der Waals surface area contributed by atoms with Crippen LogP contribution in [0.5, 0.6) is 0 Å². The van der Waals surface area contributed by atoms with E-state index in [1.165, 1.54) is 16.3 Å². The zero-order valence-electron chi connectivity index (χ0n) is 16.4. The number of pyridine rings is 1. The van der Waals surface area contributed by atoms with E-state index in [9.17, 15) is 10.1 Å². The van der Waals surface area contributed by atoms with Gasteiger partial charge in [-0.25, -0.2) is 4.98 Å². The first-order valence-electron chi connectivity index (χ1n) is 9.30. The van der Waals surface area contributed by atoms with Crippen LogP contribution < -0.4 is 10.5 Å². The zero-order chi connectivity index (χ0) is 20.8. The predicted octanol–water partition coefficient (Wildman–Crippen LogP) is 2.92. The second-order valence-electron chi connectivity index (χ2n) is 6.81. The molecule has 2 aromatic rings. The number of nitrogens with one attached hydrogen (secondary N) is 1. The normalized spacial score (nSPS) is 15.3. The van der Waals surface area contributed by atoms with Gasteiger partial charge in [-0.05, 0) is 42.0 Å². The second kappa shape index (κ2) is 10.1. The molecule has 0 saturated carbocycles. The summed E-state index contributed by atoms with van der Waals surface area (Å²) < 4.78 is 0. The van der Waals surface area contributed by atoms with Crippen LogP contribution in [0.1, 0.15) is 16.7 Å². The number of benzene rings is 1. The molecule has 1 fully saturated rings. The topological polar surface area (TPSA) is 71.3 Å². The van der Waals surface area contributed by atoms with Crippen LogP contribution in [-0.2, 0) is 6.54 Å². The number of nitrogens with zero attached hydrogens (tertiary/aromatic N) is 3. The molecular formula is C20H23ClN4O2SSi. The zero-order valence-corrected chi connectivity index (χ0v) is 19.0. The highest BCUT2D eigenvalue weighted by atomic mass is 35.5. The lowest BCUT2D eigenvalue weighted by Crippen LogP contribution is -2.25. The molecule has 2 heterocycles. The van der Waals surface area contributed by atoms with Crippen molar-refractivity contribution in [1.82, 2.24) is 15.2 Å². The van der Waals surface area contributed by atoms with Crippen LogP contribution in [-0.4, -0.2) is 48.5 Å². The van der Waals surface area contributed by atoms with Crippen LogP contribution in [0.4, 0.5) is 0 Å². The highest BCUT2D eigenvalue weighted by molar-refractivity contribution is 8.00. The minimum absolute atomic E-state index is 0.236. The Bertz CT molecular complexity index is 908.